The number of carbonyl (C=O) groups excluding carboxylic acids is 2. The lowest BCUT2D eigenvalue weighted by Crippen LogP contribution is -2.53. The van der Waals surface area contributed by atoms with Gasteiger partial charge in [-0.1, -0.05) is 0 Å². The van der Waals surface area contributed by atoms with Crippen molar-refractivity contribution >= 4 is 12.0 Å². The van der Waals surface area contributed by atoms with Gasteiger partial charge in [0.25, 0.3) is 0 Å². The van der Waals surface area contributed by atoms with E-state index in [-0.39, 0.29) is 5.91 Å². The molecular formula is C13H24N2O4. The summed E-state index contributed by atoms with van der Waals surface area (Å²) in [5.41, 5.74) is -0.558. The van der Waals surface area contributed by atoms with Crippen LogP contribution in [-0.2, 0) is 14.3 Å². The van der Waals surface area contributed by atoms with E-state index >= 15 is 0 Å². The van der Waals surface area contributed by atoms with Gasteiger partial charge in [0, 0.05) is 20.2 Å². The van der Waals surface area contributed by atoms with Crippen molar-refractivity contribution in [3.63, 3.8) is 0 Å². The Bertz CT molecular complexity index is 325. The third-order valence-corrected chi connectivity index (χ3v) is 2.79. The summed E-state index contributed by atoms with van der Waals surface area (Å²) in [4.78, 5) is 25.5. The first-order chi connectivity index (χ1) is 8.83. The lowest BCUT2D eigenvalue weighted by molar-refractivity contribution is -0.136. The smallest absolute Gasteiger partial charge is 0.408 e. The zero-order valence-electron chi connectivity index (χ0n) is 12.2. The Morgan fingerprint density at radius 2 is 2.16 bits per heavy atom. The number of nitrogens with zero attached hydrogens (tertiary/aromatic N) is 1. The van der Waals surface area contributed by atoms with E-state index < -0.39 is 17.7 Å². The molecule has 1 saturated heterocycles. The van der Waals surface area contributed by atoms with E-state index in [1.54, 1.807) is 32.8 Å². The SMILES string of the molecule is COCCN1CCCC(NC(=O)OC(C)(C)C)C1=O. The molecule has 0 aromatic heterocycles. The topological polar surface area (TPSA) is 67.9 Å². The Balaban J connectivity index is 2.49. The van der Waals surface area contributed by atoms with Gasteiger partial charge in [0.1, 0.15) is 11.6 Å². The van der Waals surface area contributed by atoms with E-state index in [0.717, 1.165) is 6.42 Å². The Kier molecular flexibility index (Phi) is 5.60. The van der Waals surface area contributed by atoms with Crippen molar-refractivity contribution in [3.8, 4) is 0 Å². The molecule has 110 valence electrons. The van der Waals surface area contributed by atoms with Crippen molar-refractivity contribution < 1.29 is 19.1 Å². The van der Waals surface area contributed by atoms with Gasteiger partial charge in [-0.05, 0) is 33.6 Å². The molecule has 1 unspecified atom stereocenters. The summed E-state index contributed by atoms with van der Waals surface area (Å²) in [7, 11) is 1.60. The zero-order valence-corrected chi connectivity index (χ0v) is 12.2. The molecule has 19 heavy (non-hydrogen) atoms. The van der Waals surface area contributed by atoms with Gasteiger partial charge >= 0.3 is 6.09 Å². The highest BCUT2D eigenvalue weighted by molar-refractivity contribution is 5.86. The molecular weight excluding hydrogens is 248 g/mol. The number of ether oxygens (including phenoxy) is 2. The molecule has 0 bridgehead atoms. The van der Waals surface area contributed by atoms with E-state index in [4.69, 9.17) is 9.47 Å². The minimum atomic E-state index is -0.558. The predicted molar refractivity (Wildman–Crippen MR) is 70.8 cm³/mol. The number of rotatable bonds is 4. The van der Waals surface area contributed by atoms with Gasteiger partial charge in [0.15, 0.2) is 0 Å². The number of likely N-dealkylation sites (tertiary alicyclic amines) is 1. The second-order valence-corrected chi connectivity index (χ2v) is 5.66. The molecule has 1 atom stereocenters. The van der Waals surface area contributed by atoms with Crippen LogP contribution in [0.4, 0.5) is 4.79 Å². The van der Waals surface area contributed by atoms with Crippen LogP contribution in [0, 0.1) is 0 Å². The summed E-state index contributed by atoms with van der Waals surface area (Å²) in [6.07, 6.45) is 0.983. The van der Waals surface area contributed by atoms with Crippen molar-refractivity contribution in [2.45, 2.75) is 45.3 Å². The van der Waals surface area contributed by atoms with Gasteiger partial charge in [-0.15, -0.1) is 0 Å². The molecule has 6 heteroatoms. The molecule has 6 nitrogen and oxygen atoms in total. The molecule has 1 aliphatic rings. The first-order valence-electron chi connectivity index (χ1n) is 6.61. The van der Waals surface area contributed by atoms with E-state index in [0.29, 0.717) is 26.1 Å². The fourth-order valence-corrected chi connectivity index (χ4v) is 1.95. The highest BCUT2D eigenvalue weighted by Gasteiger charge is 2.30. The van der Waals surface area contributed by atoms with Crippen LogP contribution in [0.1, 0.15) is 33.6 Å². The number of amides is 2. The third kappa shape index (κ3) is 5.46. The predicted octanol–water partition coefficient (Wildman–Crippen LogP) is 1.15. The highest BCUT2D eigenvalue weighted by atomic mass is 16.6. The van der Waals surface area contributed by atoms with Crippen LogP contribution >= 0.6 is 0 Å². The van der Waals surface area contributed by atoms with Crippen LogP contribution in [0.15, 0.2) is 0 Å². The van der Waals surface area contributed by atoms with Gasteiger partial charge in [-0.3, -0.25) is 4.79 Å². The molecule has 0 aromatic carbocycles. The van der Waals surface area contributed by atoms with Crippen LogP contribution in [0.2, 0.25) is 0 Å². The second-order valence-electron chi connectivity index (χ2n) is 5.66. The average Bonchev–Trinajstić information content (AvgIpc) is 2.28. The first-order valence-corrected chi connectivity index (χ1v) is 6.61. The van der Waals surface area contributed by atoms with Gasteiger partial charge in [-0.2, -0.15) is 0 Å². The molecule has 1 N–H and O–H groups in total. The maximum absolute atomic E-state index is 12.1. The first kappa shape index (κ1) is 15.8. The van der Waals surface area contributed by atoms with E-state index in [2.05, 4.69) is 5.32 Å². The monoisotopic (exact) mass is 272 g/mol. The molecule has 0 spiro atoms. The fourth-order valence-electron chi connectivity index (χ4n) is 1.95. The number of hydrogen-bond acceptors (Lipinski definition) is 4. The van der Waals surface area contributed by atoms with Gasteiger partial charge < -0.3 is 19.7 Å². The number of hydrogen-bond donors (Lipinski definition) is 1. The number of nitrogens with one attached hydrogen (secondary N) is 1. The minimum absolute atomic E-state index is 0.0610. The molecule has 0 radical (unpaired) electrons. The van der Waals surface area contributed by atoms with E-state index in [1.165, 1.54) is 0 Å². The Morgan fingerprint density at radius 1 is 1.47 bits per heavy atom. The Hall–Kier alpha value is -1.30. The van der Waals surface area contributed by atoms with Crippen LogP contribution in [0.25, 0.3) is 0 Å². The Labute approximate surface area is 114 Å². The maximum Gasteiger partial charge on any atom is 0.408 e. The lowest BCUT2D eigenvalue weighted by atomic mass is 10.1. The molecule has 1 rings (SSSR count). The molecule has 1 fully saturated rings. The lowest BCUT2D eigenvalue weighted by Gasteiger charge is -2.32. The summed E-state index contributed by atoms with van der Waals surface area (Å²) >= 11 is 0. The molecule has 2 amide bonds. The van der Waals surface area contributed by atoms with Crippen molar-refractivity contribution in [1.82, 2.24) is 10.2 Å². The zero-order chi connectivity index (χ0) is 14.5. The summed E-state index contributed by atoms with van der Waals surface area (Å²) in [5.74, 6) is -0.0610. The van der Waals surface area contributed by atoms with Crippen LogP contribution in [0.3, 0.4) is 0 Å². The Morgan fingerprint density at radius 3 is 2.74 bits per heavy atom. The largest absolute Gasteiger partial charge is 0.444 e. The number of piperidine rings is 1. The molecule has 1 heterocycles. The highest BCUT2D eigenvalue weighted by Crippen LogP contribution is 2.13. The van der Waals surface area contributed by atoms with Crippen LogP contribution in [0.5, 0.6) is 0 Å². The van der Waals surface area contributed by atoms with E-state index in [1.807, 2.05) is 0 Å². The van der Waals surface area contributed by atoms with E-state index in [9.17, 15) is 9.59 Å². The van der Waals surface area contributed by atoms with Crippen molar-refractivity contribution in [1.29, 1.82) is 0 Å². The standard InChI is InChI=1S/C13H24N2O4/c1-13(2,3)19-12(17)14-10-6-5-7-15(11(10)16)8-9-18-4/h10H,5-9H2,1-4H3,(H,14,17). The summed E-state index contributed by atoms with van der Waals surface area (Å²) in [5, 5.41) is 2.64. The van der Waals surface area contributed by atoms with Crippen LogP contribution < -0.4 is 5.32 Å². The van der Waals surface area contributed by atoms with Crippen molar-refractivity contribution in [2.75, 3.05) is 26.8 Å². The van der Waals surface area contributed by atoms with Crippen molar-refractivity contribution in [3.05, 3.63) is 0 Å². The molecule has 0 aromatic rings. The van der Waals surface area contributed by atoms with Gasteiger partial charge in [0.2, 0.25) is 5.91 Å². The number of methoxy groups -OCH3 is 1. The number of carbonyl (C=O) groups is 2. The molecule has 0 saturated carbocycles. The molecule has 1 aliphatic heterocycles. The minimum Gasteiger partial charge on any atom is -0.444 e. The average molecular weight is 272 g/mol. The van der Waals surface area contributed by atoms with Crippen LogP contribution in [-0.4, -0.2) is 55.3 Å². The summed E-state index contributed by atoms with van der Waals surface area (Å²) in [6.45, 7) is 7.15. The normalized spacial score (nSPS) is 20.3. The third-order valence-electron chi connectivity index (χ3n) is 2.79. The fraction of sp³-hybridized carbons (Fsp3) is 0.846. The van der Waals surface area contributed by atoms with Crippen molar-refractivity contribution in [2.24, 2.45) is 0 Å². The van der Waals surface area contributed by atoms with Gasteiger partial charge in [0.05, 0.1) is 6.61 Å². The quantitative estimate of drug-likeness (QED) is 0.833. The summed E-state index contributed by atoms with van der Waals surface area (Å²) in [6, 6.07) is -0.486. The second kappa shape index (κ2) is 6.75. The summed E-state index contributed by atoms with van der Waals surface area (Å²) < 4.78 is 10.1. The maximum atomic E-state index is 12.1. The number of alkyl carbamates (subject to hydrolysis) is 1. The molecule has 0 aliphatic carbocycles. The van der Waals surface area contributed by atoms with Gasteiger partial charge in [-0.25, -0.2) is 4.79 Å².